The van der Waals surface area contributed by atoms with Crippen molar-refractivity contribution in [2.45, 2.75) is 34.6 Å². The molecule has 5 heteroatoms. The maximum absolute atomic E-state index is 12.8. The second-order valence-corrected chi connectivity index (χ2v) is 6.72. The minimum atomic E-state index is -0.269. The number of carbonyl (C=O) groups excluding carboxylic acids is 1. The lowest BCUT2D eigenvalue weighted by Crippen LogP contribution is -2.18. The van der Waals surface area contributed by atoms with Crippen molar-refractivity contribution < 1.29 is 9.53 Å². The van der Waals surface area contributed by atoms with Crippen molar-refractivity contribution in [3.05, 3.63) is 51.8 Å². The van der Waals surface area contributed by atoms with Gasteiger partial charge in [0.05, 0.1) is 23.0 Å². The molecule has 1 aromatic heterocycles. The first-order valence-corrected chi connectivity index (χ1v) is 8.35. The Labute approximate surface area is 148 Å². The Bertz CT molecular complexity index is 737. The molecular weight excluding hydrogens is 324 g/mol. The molecule has 1 amide bonds. The van der Waals surface area contributed by atoms with Crippen LogP contribution >= 0.6 is 11.6 Å². The van der Waals surface area contributed by atoms with E-state index in [0.717, 1.165) is 11.3 Å². The molecule has 1 heterocycles. The number of anilines is 1. The van der Waals surface area contributed by atoms with E-state index in [2.05, 4.69) is 24.1 Å². The van der Waals surface area contributed by atoms with Crippen LogP contribution in [0.25, 0.3) is 0 Å². The number of rotatable bonds is 5. The second kappa shape index (κ2) is 7.67. The molecule has 1 N–H and O–H groups in total. The van der Waals surface area contributed by atoms with E-state index in [0.29, 0.717) is 40.2 Å². The van der Waals surface area contributed by atoms with Crippen LogP contribution in [0, 0.1) is 26.7 Å². The standard InChI is InChI=1S/C19H23ClN2O2/c1-11(2)10-24-16-9-13(4)21-14(5)17(16)19(23)22-18-12(3)7-6-8-15(18)20/h6-9,11H,10H2,1-5H3,(H,22,23). The Hall–Kier alpha value is -2.07. The summed E-state index contributed by atoms with van der Waals surface area (Å²) >= 11 is 6.21. The van der Waals surface area contributed by atoms with Crippen molar-refractivity contribution in [3.8, 4) is 5.75 Å². The van der Waals surface area contributed by atoms with E-state index in [1.54, 1.807) is 12.1 Å². The van der Waals surface area contributed by atoms with Gasteiger partial charge in [0.15, 0.2) is 0 Å². The Morgan fingerprint density at radius 2 is 2.00 bits per heavy atom. The monoisotopic (exact) mass is 346 g/mol. The van der Waals surface area contributed by atoms with Crippen molar-refractivity contribution >= 4 is 23.2 Å². The van der Waals surface area contributed by atoms with Gasteiger partial charge < -0.3 is 10.1 Å². The highest BCUT2D eigenvalue weighted by Crippen LogP contribution is 2.28. The lowest BCUT2D eigenvalue weighted by atomic mass is 10.1. The highest BCUT2D eigenvalue weighted by molar-refractivity contribution is 6.34. The van der Waals surface area contributed by atoms with E-state index in [4.69, 9.17) is 16.3 Å². The largest absolute Gasteiger partial charge is 0.492 e. The average molecular weight is 347 g/mol. The Morgan fingerprint density at radius 1 is 1.29 bits per heavy atom. The normalized spacial score (nSPS) is 10.8. The summed E-state index contributed by atoms with van der Waals surface area (Å²) in [5.74, 6) is 0.645. The van der Waals surface area contributed by atoms with Gasteiger partial charge in [0.1, 0.15) is 11.3 Å². The first kappa shape index (κ1) is 18.3. The third-order valence-corrected chi connectivity index (χ3v) is 3.87. The quantitative estimate of drug-likeness (QED) is 0.833. The molecule has 0 spiro atoms. The minimum absolute atomic E-state index is 0.269. The number of nitrogens with zero attached hydrogens (tertiary/aromatic N) is 1. The predicted molar refractivity (Wildman–Crippen MR) is 98.2 cm³/mol. The maximum atomic E-state index is 12.8. The van der Waals surface area contributed by atoms with E-state index in [9.17, 15) is 4.79 Å². The number of benzene rings is 1. The molecule has 0 saturated heterocycles. The van der Waals surface area contributed by atoms with Crippen LogP contribution in [-0.4, -0.2) is 17.5 Å². The molecule has 0 atom stereocenters. The van der Waals surface area contributed by atoms with Gasteiger partial charge in [-0.25, -0.2) is 0 Å². The lowest BCUT2D eigenvalue weighted by Gasteiger charge is -2.16. The number of halogens is 1. The van der Waals surface area contributed by atoms with Crippen LogP contribution < -0.4 is 10.1 Å². The van der Waals surface area contributed by atoms with E-state index >= 15 is 0 Å². The predicted octanol–water partition coefficient (Wildman–Crippen LogP) is 4.95. The van der Waals surface area contributed by atoms with Crippen LogP contribution in [0.5, 0.6) is 5.75 Å². The molecule has 2 rings (SSSR count). The molecule has 2 aromatic rings. The molecule has 128 valence electrons. The van der Waals surface area contributed by atoms with Crippen molar-refractivity contribution in [1.29, 1.82) is 0 Å². The molecule has 24 heavy (non-hydrogen) atoms. The summed E-state index contributed by atoms with van der Waals surface area (Å²) in [7, 11) is 0. The lowest BCUT2D eigenvalue weighted by molar-refractivity contribution is 0.102. The molecule has 0 bridgehead atoms. The molecule has 0 aliphatic heterocycles. The summed E-state index contributed by atoms with van der Waals surface area (Å²) in [5.41, 5.74) is 3.41. The smallest absolute Gasteiger partial charge is 0.261 e. The molecule has 0 radical (unpaired) electrons. The Kier molecular flexibility index (Phi) is 5.84. The van der Waals surface area contributed by atoms with Gasteiger partial charge >= 0.3 is 0 Å². The van der Waals surface area contributed by atoms with Crippen LogP contribution in [0.1, 0.15) is 41.2 Å². The third-order valence-electron chi connectivity index (χ3n) is 3.55. The number of pyridine rings is 1. The molecular formula is C19H23ClN2O2. The number of hydrogen-bond acceptors (Lipinski definition) is 3. The first-order valence-electron chi connectivity index (χ1n) is 7.97. The van der Waals surface area contributed by atoms with Gasteiger partial charge in [-0.3, -0.25) is 9.78 Å². The summed E-state index contributed by atoms with van der Waals surface area (Å²) in [6.45, 7) is 10.3. The Morgan fingerprint density at radius 3 is 2.62 bits per heavy atom. The van der Waals surface area contributed by atoms with Crippen LogP contribution in [0.3, 0.4) is 0 Å². The number of nitrogens with one attached hydrogen (secondary N) is 1. The molecule has 0 aliphatic rings. The number of aryl methyl sites for hydroxylation is 3. The molecule has 1 aromatic carbocycles. The molecule has 0 fully saturated rings. The van der Waals surface area contributed by atoms with Crippen LogP contribution in [0.4, 0.5) is 5.69 Å². The van der Waals surface area contributed by atoms with Gasteiger partial charge in [0.2, 0.25) is 0 Å². The van der Waals surface area contributed by atoms with Crippen LogP contribution in [0.2, 0.25) is 5.02 Å². The number of aromatic nitrogens is 1. The van der Waals surface area contributed by atoms with Crippen LogP contribution in [-0.2, 0) is 0 Å². The van der Waals surface area contributed by atoms with Gasteiger partial charge in [-0.05, 0) is 38.3 Å². The molecule has 0 saturated carbocycles. The molecule has 4 nitrogen and oxygen atoms in total. The SMILES string of the molecule is Cc1cc(OCC(C)C)c(C(=O)Nc2c(C)cccc2Cl)c(C)n1. The summed E-state index contributed by atoms with van der Waals surface area (Å²) in [5, 5.41) is 3.40. The zero-order valence-electron chi connectivity index (χ0n) is 14.7. The van der Waals surface area contributed by atoms with E-state index < -0.39 is 0 Å². The highest BCUT2D eigenvalue weighted by Gasteiger charge is 2.19. The summed E-state index contributed by atoms with van der Waals surface area (Å²) in [6.07, 6.45) is 0. The average Bonchev–Trinajstić information content (AvgIpc) is 2.48. The molecule has 0 unspecified atom stereocenters. The summed E-state index contributed by atoms with van der Waals surface area (Å²) in [4.78, 5) is 17.2. The van der Waals surface area contributed by atoms with Gasteiger partial charge in [-0.2, -0.15) is 0 Å². The highest BCUT2D eigenvalue weighted by atomic mass is 35.5. The number of para-hydroxylation sites is 1. The minimum Gasteiger partial charge on any atom is -0.492 e. The van der Waals surface area contributed by atoms with E-state index in [1.165, 1.54) is 0 Å². The first-order chi connectivity index (χ1) is 11.3. The number of carbonyl (C=O) groups is 1. The number of ether oxygens (including phenoxy) is 1. The fourth-order valence-electron chi connectivity index (χ4n) is 2.41. The maximum Gasteiger partial charge on any atom is 0.261 e. The summed E-state index contributed by atoms with van der Waals surface area (Å²) in [6, 6.07) is 7.30. The van der Waals surface area contributed by atoms with Gasteiger partial charge in [-0.1, -0.05) is 37.6 Å². The molecule has 0 aliphatic carbocycles. The number of hydrogen-bond donors (Lipinski definition) is 1. The fourth-order valence-corrected chi connectivity index (χ4v) is 2.67. The Balaban J connectivity index is 2.38. The fraction of sp³-hybridized carbons (Fsp3) is 0.368. The van der Waals surface area contributed by atoms with Crippen molar-refractivity contribution in [2.24, 2.45) is 5.92 Å². The topological polar surface area (TPSA) is 51.2 Å². The van der Waals surface area contributed by atoms with Gasteiger partial charge in [0.25, 0.3) is 5.91 Å². The zero-order valence-corrected chi connectivity index (χ0v) is 15.5. The van der Waals surface area contributed by atoms with Gasteiger partial charge in [0, 0.05) is 11.8 Å². The summed E-state index contributed by atoms with van der Waals surface area (Å²) < 4.78 is 5.85. The third kappa shape index (κ3) is 4.26. The van der Waals surface area contributed by atoms with Crippen LogP contribution in [0.15, 0.2) is 24.3 Å². The van der Waals surface area contributed by atoms with Gasteiger partial charge in [-0.15, -0.1) is 0 Å². The van der Waals surface area contributed by atoms with Crippen molar-refractivity contribution in [3.63, 3.8) is 0 Å². The van der Waals surface area contributed by atoms with Crippen molar-refractivity contribution in [2.75, 3.05) is 11.9 Å². The van der Waals surface area contributed by atoms with E-state index in [-0.39, 0.29) is 5.91 Å². The zero-order chi connectivity index (χ0) is 17.9. The van der Waals surface area contributed by atoms with Crippen molar-refractivity contribution in [1.82, 2.24) is 4.98 Å². The number of amides is 1. The second-order valence-electron chi connectivity index (χ2n) is 6.31. The van der Waals surface area contributed by atoms with E-state index in [1.807, 2.05) is 32.9 Å².